The first-order valence-corrected chi connectivity index (χ1v) is 6.90. The van der Waals surface area contributed by atoms with E-state index >= 15 is 0 Å². The van der Waals surface area contributed by atoms with Gasteiger partial charge in [0.1, 0.15) is 0 Å². The molecule has 0 saturated heterocycles. The van der Waals surface area contributed by atoms with E-state index in [2.05, 4.69) is 19.2 Å². The molecule has 1 aliphatic rings. The van der Waals surface area contributed by atoms with Crippen molar-refractivity contribution < 1.29 is 13.9 Å². The van der Waals surface area contributed by atoms with Crippen molar-refractivity contribution in [2.75, 3.05) is 7.11 Å². The molecular formula is C15H23NO3. The van der Waals surface area contributed by atoms with Crippen LogP contribution >= 0.6 is 0 Å². The number of methoxy groups -OCH3 is 1. The molecule has 4 nitrogen and oxygen atoms in total. The minimum absolute atomic E-state index is 0.311. The van der Waals surface area contributed by atoms with E-state index in [1.807, 2.05) is 6.07 Å². The van der Waals surface area contributed by atoms with Crippen LogP contribution in [0, 0.1) is 5.41 Å². The number of carbonyl (C=O) groups excluding carboxylic acids is 1. The van der Waals surface area contributed by atoms with Crippen molar-refractivity contribution in [1.82, 2.24) is 5.32 Å². The van der Waals surface area contributed by atoms with E-state index in [0.29, 0.717) is 23.8 Å². The van der Waals surface area contributed by atoms with Crippen LogP contribution in [0.5, 0.6) is 0 Å². The molecule has 0 unspecified atom stereocenters. The zero-order chi connectivity index (χ0) is 13.9. The van der Waals surface area contributed by atoms with Crippen molar-refractivity contribution >= 4 is 5.97 Å². The lowest BCUT2D eigenvalue weighted by Gasteiger charge is -2.34. The van der Waals surface area contributed by atoms with Gasteiger partial charge in [0.15, 0.2) is 0 Å². The second kappa shape index (κ2) is 5.78. The Labute approximate surface area is 114 Å². The first kappa shape index (κ1) is 14.1. The van der Waals surface area contributed by atoms with Crippen molar-refractivity contribution in [3.8, 4) is 0 Å². The van der Waals surface area contributed by atoms with Crippen LogP contribution in [0.3, 0.4) is 0 Å². The lowest BCUT2D eigenvalue weighted by molar-refractivity contribution is 0.0563. The molecule has 0 spiro atoms. The van der Waals surface area contributed by atoms with Crippen LogP contribution in [0.15, 0.2) is 16.7 Å². The van der Waals surface area contributed by atoms with E-state index in [0.717, 1.165) is 5.56 Å². The molecule has 19 heavy (non-hydrogen) atoms. The molecule has 2 rings (SSSR count). The van der Waals surface area contributed by atoms with Gasteiger partial charge in [0.2, 0.25) is 5.76 Å². The maximum Gasteiger partial charge on any atom is 0.374 e. The van der Waals surface area contributed by atoms with Crippen LogP contribution in [-0.4, -0.2) is 19.1 Å². The van der Waals surface area contributed by atoms with Gasteiger partial charge in [-0.1, -0.05) is 13.8 Å². The predicted molar refractivity (Wildman–Crippen MR) is 72.9 cm³/mol. The summed E-state index contributed by atoms with van der Waals surface area (Å²) in [6.45, 7) is 5.31. The highest BCUT2D eigenvalue weighted by atomic mass is 16.5. The smallest absolute Gasteiger partial charge is 0.374 e. The summed E-state index contributed by atoms with van der Waals surface area (Å²) in [5.41, 5.74) is 1.35. The van der Waals surface area contributed by atoms with Crippen molar-refractivity contribution in [3.05, 3.63) is 23.7 Å². The van der Waals surface area contributed by atoms with Gasteiger partial charge in [-0.3, -0.25) is 0 Å². The monoisotopic (exact) mass is 265 g/mol. The second-order valence-electron chi connectivity index (χ2n) is 6.09. The van der Waals surface area contributed by atoms with Crippen molar-refractivity contribution in [1.29, 1.82) is 0 Å². The topological polar surface area (TPSA) is 51.5 Å². The fourth-order valence-corrected chi connectivity index (χ4v) is 2.60. The summed E-state index contributed by atoms with van der Waals surface area (Å²) in [5.74, 6) is -0.0993. The number of furan rings is 1. The lowest BCUT2D eigenvalue weighted by atomic mass is 9.75. The highest BCUT2D eigenvalue weighted by Gasteiger charge is 2.26. The maximum absolute atomic E-state index is 11.5. The number of rotatable bonds is 4. The Bertz CT molecular complexity index is 426. The van der Waals surface area contributed by atoms with E-state index in [1.165, 1.54) is 39.1 Å². The molecule has 1 heterocycles. The second-order valence-corrected chi connectivity index (χ2v) is 6.09. The normalized spacial score (nSPS) is 19.3. The molecule has 4 heteroatoms. The zero-order valence-electron chi connectivity index (χ0n) is 12.0. The summed E-state index contributed by atoms with van der Waals surface area (Å²) in [7, 11) is 1.37. The van der Waals surface area contributed by atoms with E-state index in [1.54, 1.807) is 0 Å². The van der Waals surface area contributed by atoms with Gasteiger partial charge in [-0.15, -0.1) is 0 Å². The molecule has 1 N–H and O–H groups in total. The molecule has 0 bridgehead atoms. The Balaban J connectivity index is 1.86. The first-order valence-electron chi connectivity index (χ1n) is 6.90. The lowest BCUT2D eigenvalue weighted by Crippen LogP contribution is -2.35. The van der Waals surface area contributed by atoms with Crippen LogP contribution in [0.2, 0.25) is 0 Å². The summed E-state index contributed by atoms with van der Waals surface area (Å²) in [4.78, 5) is 11.5. The number of carbonyl (C=O) groups is 1. The summed E-state index contributed by atoms with van der Waals surface area (Å²) in [6.07, 6.45) is 6.42. The molecule has 0 radical (unpaired) electrons. The Morgan fingerprint density at radius 3 is 2.79 bits per heavy atom. The van der Waals surface area contributed by atoms with Crippen molar-refractivity contribution in [3.63, 3.8) is 0 Å². The standard InChI is InChI=1S/C15H23NO3/c1-15(2)7-4-12(5-8-15)16-10-11-6-9-19-13(11)14(17)18-3/h6,9,12,16H,4-5,7-8,10H2,1-3H3. The minimum atomic E-state index is -0.411. The SMILES string of the molecule is COC(=O)c1occc1CNC1CCC(C)(C)CC1. The molecule has 0 atom stereocenters. The number of hydrogen-bond donors (Lipinski definition) is 1. The van der Waals surface area contributed by atoms with E-state index in [-0.39, 0.29) is 0 Å². The van der Waals surface area contributed by atoms with Crippen LogP contribution in [-0.2, 0) is 11.3 Å². The van der Waals surface area contributed by atoms with Crippen molar-refractivity contribution in [2.45, 2.75) is 52.1 Å². The molecule has 0 aliphatic heterocycles. The van der Waals surface area contributed by atoms with Gasteiger partial charge in [0, 0.05) is 18.2 Å². The Hall–Kier alpha value is -1.29. The van der Waals surface area contributed by atoms with Crippen molar-refractivity contribution in [2.24, 2.45) is 5.41 Å². The third-order valence-corrected chi connectivity index (χ3v) is 4.04. The molecule has 1 aromatic heterocycles. The van der Waals surface area contributed by atoms with Crippen LogP contribution in [0.4, 0.5) is 0 Å². The molecule has 1 aliphatic carbocycles. The molecule has 1 saturated carbocycles. The average molecular weight is 265 g/mol. The van der Waals surface area contributed by atoms with Gasteiger partial charge in [-0.2, -0.15) is 0 Å². The number of nitrogens with one attached hydrogen (secondary N) is 1. The fraction of sp³-hybridized carbons (Fsp3) is 0.667. The van der Waals surface area contributed by atoms with Gasteiger partial charge in [-0.05, 0) is 37.2 Å². The predicted octanol–water partition coefficient (Wildman–Crippen LogP) is 3.12. The third kappa shape index (κ3) is 3.60. The summed E-state index contributed by atoms with van der Waals surface area (Å²) < 4.78 is 9.87. The quantitative estimate of drug-likeness (QED) is 0.850. The highest BCUT2D eigenvalue weighted by Crippen LogP contribution is 2.35. The summed E-state index contributed by atoms with van der Waals surface area (Å²) >= 11 is 0. The Morgan fingerprint density at radius 2 is 2.16 bits per heavy atom. The van der Waals surface area contributed by atoms with E-state index in [9.17, 15) is 4.79 Å². The summed E-state index contributed by atoms with van der Waals surface area (Å²) in [5, 5.41) is 3.51. The maximum atomic E-state index is 11.5. The number of esters is 1. The molecule has 106 valence electrons. The third-order valence-electron chi connectivity index (χ3n) is 4.04. The van der Waals surface area contributed by atoms with Gasteiger partial charge >= 0.3 is 5.97 Å². The average Bonchev–Trinajstić information content (AvgIpc) is 2.85. The van der Waals surface area contributed by atoms with E-state index in [4.69, 9.17) is 9.15 Å². The fourth-order valence-electron chi connectivity index (χ4n) is 2.60. The van der Waals surface area contributed by atoms with Crippen LogP contribution < -0.4 is 5.32 Å². The minimum Gasteiger partial charge on any atom is -0.463 e. The zero-order valence-corrected chi connectivity index (χ0v) is 12.0. The molecule has 0 aromatic carbocycles. The summed E-state index contributed by atoms with van der Waals surface area (Å²) in [6, 6.07) is 2.36. The van der Waals surface area contributed by atoms with Gasteiger partial charge < -0.3 is 14.5 Å². The van der Waals surface area contributed by atoms with Crippen LogP contribution in [0.25, 0.3) is 0 Å². The highest BCUT2D eigenvalue weighted by molar-refractivity contribution is 5.87. The van der Waals surface area contributed by atoms with Crippen LogP contribution in [0.1, 0.15) is 55.6 Å². The van der Waals surface area contributed by atoms with Gasteiger partial charge in [0.05, 0.1) is 13.4 Å². The largest absolute Gasteiger partial charge is 0.463 e. The number of ether oxygens (including phenoxy) is 1. The molecule has 1 fully saturated rings. The number of hydrogen-bond acceptors (Lipinski definition) is 4. The molecular weight excluding hydrogens is 242 g/mol. The first-order chi connectivity index (χ1) is 9.02. The molecule has 1 aromatic rings. The van der Waals surface area contributed by atoms with Gasteiger partial charge in [0.25, 0.3) is 0 Å². The van der Waals surface area contributed by atoms with Gasteiger partial charge in [-0.25, -0.2) is 4.79 Å². The Kier molecular flexibility index (Phi) is 4.30. The van der Waals surface area contributed by atoms with E-state index < -0.39 is 5.97 Å². The molecule has 0 amide bonds. The Morgan fingerprint density at radius 1 is 1.47 bits per heavy atom.